The highest BCUT2D eigenvalue weighted by Crippen LogP contribution is 2.16. The molecule has 0 aliphatic carbocycles. The van der Waals surface area contributed by atoms with Crippen LogP contribution in [0.25, 0.3) is 0 Å². The molecule has 1 heterocycles. The van der Waals surface area contributed by atoms with E-state index in [1.165, 1.54) is 0 Å². The number of aryl methyl sites for hydroxylation is 1. The summed E-state index contributed by atoms with van der Waals surface area (Å²) < 4.78 is 12.7. The topological polar surface area (TPSA) is 65.3 Å². The van der Waals surface area contributed by atoms with Crippen LogP contribution in [0, 0.1) is 0 Å². The van der Waals surface area contributed by atoms with Crippen molar-refractivity contribution in [2.75, 3.05) is 27.3 Å². The second kappa shape index (κ2) is 9.09. The van der Waals surface area contributed by atoms with E-state index in [-0.39, 0.29) is 0 Å². The van der Waals surface area contributed by atoms with Gasteiger partial charge < -0.3 is 9.47 Å². The minimum Gasteiger partial charge on any atom is -0.497 e. The molecular formula is C16H25N5O2. The van der Waals surface area contributed by atoms with Crippen molar-refractivity contribution < 1.29 is 9.47 Å². The Balaban J connectivity index is 1.74. The van der Waals surface area contributed by atoms with Crippen LogP contribution < -0.4 is 9.47 Å². The maximum Gasteiger partial charge on any atom is 0.165 e. The Hall–Kier alpha value is -2.15. The molecule has 0 aliphatic heterocycles. The van der Waals surface area contributed by atoms with Crippen molar-refractivity contribution in [1.29, 1.82) is 0 Å². The molecule has 0 unspecified atom stereocenters. The number of rotatable bonds is 10. The third-order valence-corrected chi connectivity index (χ3v) is 3.54. The highest BCUT2D eigenvalue weighted by Gasteiger charge is 2.09. The molecule has 2 rings (SSSR count). The third-order valence-electron chi connectivity index (χ3n) is 3.54. The zero-order valence-corrected chi connectivity index (χ0v) is 14.1. The van der Waals surface area contributed by atoms with Gasteiger partial charge in [-0.15, -0.1) is 5.10 Å². The van der Waals surface area contributed by atoms with Crippen molar-refractivity contribution >= 4 is 0 Å². The summed E-state index contributed by atoms with van der Waals surface area (Å²) in [5.74, 6) is 2.56. The molecule has 0 atom stereocenters. The molecule has 23 heavy (non-hydrogen) atoms. The van der Waals surface area contributed by atoms with Crippen LogP contribution in [0.2, 0.25) is 0 Å². The lowest BCUT2D eigenvalue weighted by molar-refractivity contribution is 0.227. The first-order valence-corrected chi connectivity index (χ1v) is 7.93. The minimum atomic E-state index is 0.610. The summed E-state index contributed by atoms with van der Waals surface area (Å²) in [7, 11) is 3.69. The quantitative estimate of drug-likeness (QED) is 0.667. The molecule has 0 N–H and O–H groups in total. The van der Waals surface area contributed by atoms with Gasteiger partial charge in [0.05, 0.1) is 13.7 Å². The Kier molecular flexibility index (Phi) is 6.80. The Morgan fingerprint density at radius 2 is 1.91 bits per heavy atom. The molecule has 0 fully saturated rings. The number of hydrogen-bond donors (Lipinski definition) is 0. The number of tetrazole rings is 1. The van der Waals surface area contributed by atoms with Crippen LogP contribution in [0.15, 0.2) is 24.3 Å². The molecule has 0 saturated carbocycles. The fraction of sp³-hybridized carbons (Fsp3) is 0.562. The maximum absolute atomic E-state index is 5.73. The van der Waals surface area contributed by atoms with Crippen LogP contribution in [0.4, 0.5) is 0 Å². The molecule has 1 aromatic heterocycles. The van der Waals surface area contributed by atoms with Gasteiger partial charge in [0.15, 0.2) is 5.82 Å². The Morgan fingerprint density at radius 3 is 2.61 bits per heavy atom. The van der Waals surface area contributed by atoms with Gasteiger partial charge in [-0.25, -0.2) is 4.68 Å². The number of unbranched alkanes of at least 4 members (excludes halogenated alkanes) is 1. The summed E-state index contributed by atoms with van der Waals surface area (Å²) in [6.45, 7) is 5.15. The lowest BCUT2D eigenvalue weighted by Crippen LogP contribution is -2.25. The number of ether oxygens (including phenoxy) is 2. The average molecular weight is 319 g/mol. The predicted molar refractivity (Wildman–Crippen MR) is 87.5 cm³/mol. The van der Waals surface area contributed by atoms with Crippen LogP contribution in [-0.2, 0) is 13.1 Å². The molecule has 0 spiro atoms. The zero-order chi connectivity index (χ0) is 16.5. The van der Waals surface area contributed by atoms with Crippen LogP contribution in [-0.4, -0.2) is 52.4 Å². The van der Waals surface area contributed by atoms with Crippen molar-refractivity contribution in [3.8, 4) is 11.5 Å². The monoisotopic (exact) mass is 319 g/mol. The summed E-state index contributed by atoms with van der Waals surface area (Å²) in [5.41, 5.74) is 0. The van der Waals surface area contributed by atoms with Crippen molar-refractivity contribution in [2.45, 2.75) is 32.9 Å². The number of hydrogen-bond acceptors (Lipinski definition) is 6. The molecule has 7 nitrogen and oxygen atoms in total. The van der Waals surface area contributed by atoms with E-state index in [2.05, 4.69) is 27.3 Å². The predicted octanol–water partition coefficient (Wildman–Crippen LogP) is 1.99. The summed E-state index contributed by atoms with van der Waals surface area (Å²) in [6.07, 6.45) is 2.22. The molecule has 0 aliphatic rings. The van der Waals surface area contributed by atoms with Crippen molar-refractivity contribution in [2.24, 2.45) is 0 Å². The van der Waals surface area contributed by atoms with Gasteiger partial charge in [-0.2, -0.15) is 0 Å². The molecule has 126 valence electrons. The fourth-order valence-electron chi connectivity index (χ4n) is 2.13. The standard InChI is InChI=1S/C16H25N5O2/c1-4-5-10-21-16(17-18-19-21)13-20(2)11-12-23-15-8-6-14(22-3)7-9-15/h6-9H,4-5,10-13H2,1-3H3. The number of methoxy groups -OCH3 is 1. The van der Waals surface area contributed by atoms with Crippen LogP contribution in [0.1, 0.15) is 25.6 Å². The van der Waals surface area contributed by atoms with Gasteiger partial charge in [-0.1, -0.05) is 13.3 Å². The van der Waals surface area contributed by atoms with Crippen LogP contribution in [0.3, 0.4) is 0 Å². The van der Waals surface area contributed by atoms with E-state index in [0.717, 1.165) is 43.3 Å². The lowest BCUT2D eigenvalue weighted by atomic mass is 10.3. The largest absolute Gasteiger partial charge is 0.497 e. The second-order valence-electron chi connectivity index (χ2n) is 5.43. The fourth-order valence-corrected chi connectivity index (χ4v) is 2.13. The SMILES string of the molecule is CCCCn1nnnc1CN(C)CCOc1ccc(OC)cc1. The summed E-state index contributed by atoms with van der Waals surface area (Å²) in [4.78, 5) is 2.15. The van der Waals surface area contributed by atoms with Crippen molar-refractivity contribution in [3.05, 3.63) is 30.1 Å². The first-order valence-electron chi connectivity index (χ1n) is 7.93. The van der Waals surface area contributed by atoms with Gasteiger partial charge >= 0.3 is 0 Å². The number of nitrogens with zero attached hydrogens (tertiary/aromatic N) is 5. The Morgan fingerprint density at radius 1 is 1.17 bits per heavy atom. The van der Waals surface area contributed by atoms with Gasteiger partial charge in [-0.05, 0) is 48.2 Å². The van der Waals surface area contributed by atoms with E-state index in [9.17, 15) is 0 Å². The minimum absolute atomic E-state index is 0.610. The van der Waals surface area contributed by atoms with E-state index < -0.39 is 0 Å². The molecule has 7 heteroatoms. The van der Waals surface area contributed by atoms with Gasteiger partial charge in [0, 0.05) is 13.1 Å². The normalized spacial score (nSPS) is 11.0. The molecule has 0 saturated heterocycles. The van der Waals surface area contributed by atoms with E-state index in [4.69, 9.17) is 9.47 Å². The Bertz CT molecular complexity index is 570. The number of benzene rings is 1. The van der Waals surface area contributed by atoms with E-state index >= 15 is 0 Å². The molecule has 0 amide bonds. The molecule has 0 radical (unpaired) electrons. The van der Waals surface area contributed by atoms with Crippen LogP contribution in [0.5, 0.6) is 11.5 Å². The average Bonchev–Trinajstić information content (AvgIpc) is 3.00. The smallest absolute Gasteiger partial charge is 0.165 e. The van der Waals surface area contributed by atoms with E-state index in [1.54, 1.807) is 7.11 Å². The van der Waals surface area contributed by atoms with Gasteiger partial charge in [0.1, 0.15) is 18.1 Å². The van der Waals surface area contributed by atoms with Gasteiger partial charge in [0.2, 0.25) is 0 Å². The first-order chi connectivity index (χ1) is 11.2. The molecule has 2 aromatic rings. The number of likely N-dealkylation sites (N-methyl/N-ethyl adjacent to an activating group) is 1. The lowest BCUT2D eigenvalue weighted by Gasteiger charge is -2.16. The maximum atomic E-state index is 5.73. The first kappa shape index (κ1) is 17.2. The van der Waals surface area contributed by atoms with Crippen molar-refractivity contribution in [1.82, 2.24) is 25.1 Å². The zero-order valence-electron chi connectivity index (χ0n) is 14.1. The Labute approximate surface area is 137 Å². The summed E-state index contributed by atoms with van der Waals surface area (Å²) in [5, 5.41) is 11.9. The molecule has 0 bridgehead atoms. The highest BCUT2D eigenvalue weighted by molar-refractivity contribution is 5.31. The van der Waals surface area contributed by atoms with E-state index in [0.29, 0.717) is 13.2 Å². The molecule has 1 aromatic carbocycles. The van der Waals surface area contributed by atoms with Crippen molar-refractivity contribution in [3.63, 3.8) is 0 Å². The second-order valence-corrected chi connectivity index (χ2v) is 5.43. The third kappa shape index (κ3) is 5.52. The number of aromatic nitrogens is 4. The molecular weight excluding hydrogens is 294 g/mol. The van der Waals surface area contributed by atoms with E-state index in [1.807, 2.05) is 36.0 Å². The summed E-state index contributed by atoms with van der Waals surface area (Å²) in [6, 6.07) is 7.59. The van der Waals surface area contributed by atoms with Gasteiger partial charge in [0.25, 0.3) is 0 Å². The van der Waals surface area contributed by atoms with Gasteiger partial charge in [-0.3, -0.25) is 4.90 Å². The van der Waals surface area contributed by atoms with Crippen LogP contribution >= 0.6 is 0 Å². The summed E-state index contributed by atoms with van der Waals surface area (Å²) >= 11 is 0. The highest BCUT2D eigenvalue weighted by atomic mass is 16.5.